The van der Waals surface area contributed by atoms with E-state index < -0.39 is 5.97 Å². The van der Waals surface area contributed by atoms with Crippen LogP contribution in [-0.2, 0) is 9.53 Å². The molecule has 3 heteroatoms. The van der Waals surface area contributed by atoms with Gasteiger partial charge in [-0.05, 0) is 11.3 Å². The molecule has 0 rings (SSSR count). The summed E-state index contributed by atoms with van der Waals surface area (Å²) in [5, 5.41) is 0. The molecule has 0 atom stereocenters. The first-order valence-electron chi connectivity index (χ1n) is 3.35. The molecule has 0 fully saturated rings. The van der Waals surface area contributed by atoms with Crippen molar-refractivity contribution in [3.05, 3.63) is 35.6 Å². The molecule has 0 aromatic heterocycles. The zero-order valence-electron chi connectivity index (χ0n) is 7.13. The minimum atomic E-state index is -0.412. The Morgan fingerprint density at radius 1 is 1.58 bits per heavy atom. The van der Waals surface area contributed by atoms with E-state index in [4.69, 9.17) is 0 Å². The Morgan fingerprint density at radius 3 is 2.58 bits per heavy atom. The molecule has 12 heavy (non-hydrogen) atoms. The van der Waals surface area contributed by atoms with E-state index in [0.29, 0.717) is 11.3 Å². The minimum absolute atomic E-state index is 0.351. The smallest absolute Gasteiger partial charge is 0.344 e. The van der Waals surface area contributed by atoms with Gasteiger partial charge in [-0.1, -0.05) is 31.0 Å². The van der Waals surface area contributed by atoms with Gasteiger partial charge in [-0.15, -0.1) is 6.58 Å². The SMILES string of the molecule is C=CCC(=C)SC(=C)C(=O)OC. The predicted octanol–water partition coefficient (Wildman–Crippen LogP) is 2.50. The first-order valence-corrected chi connectivity index (χ1v) is 4.17. The highest BCUT2D eigenvalue weighted by atomic mass is 32.2. The second-order valence-electron chi connectivity index (χ2n) is 2.05. The number of carbonyl (C=O) groups is 1. The van der Waals surface area contributed by atoms with E-state index in [-0.39, 0.29) is 0 Å². The highest BCUT2D eigenvalue weighted by Crippen LogP contribution is 2.25. The van der Waals surface area contributed by atoms with E-state index in [9.17, 15) is 4.79 Å². The summed E-state index contributed by atoms with van der Waals surface area (Å²) >= 11 is 1.22. The summed E-state index contributed by atoms with van der Waals surface area (Å²) in [5.74, 6) is -0.412. The van der Waals surface area contributed by atoms with Crippen LogP contribution in [0.5, 0.6) is 0 Å². The van der Waals surface area contributed by atoms with Crippen LogP contribution in [0.3, 0.4) is 0 Å². The quantitative estimate of drug-likeness (QED) is 0.373. The average molecular weight is 184 g/mol. The van der Waals surface area contributed by atoms with Gasteiger partial charge in [0.1, 0.15) is 0 Å². The molecule has 0 aliphatic carbocycles. The number of esters is 1. The molecule has 0 saturated carbocycles. The molecule has 0 aromatic carbocycles. The number of carbonyl (C=O) groups excluding carboxylic acids is 1. The lowest BCUT2D eigenvalue weighted by Gasteiger charge is -2.03. The van der Waals surface area contributed by atoms with Gasteiger partial charge in [0, 0.05) is 0 Å². The van der Waals surface area contributed by atoms with Gasteiger partial charge >= 0.3 is 5.97 Å². The molecule has 0 aliphatic heterocycles. The Morgan fingerprint density at radius 2 is 2.17 bits per heavy atom. The summed E-state index contributed by atoms with van der Waals surface area (Å²) in [4.78, 5) is 12.0. The van der Waals surface area contributed by atoms with E-state index in [1.54, 1.807) is 6.08 Å². The van der Waals surface area contributed by atoms with Crippen molar-refractivity contribution in [3.8, 4) is 0 Å². The van der Waals surface area contributed by atoms with Gasteiger partial charge in [-0.3, -0.25) is 0 Å². The minimum Gasteiger partial charge on any atom is -0.465 e. The Labute approximate surface area is 77.0 Å². The van der Waals surface area contributed by atoms with Gasteiger partial charge < -0.3 is 4.74 Å². The van der Waals surface area contributed by atoms with Gasteiger partial charge in [-0.2, -0.15) is 0 Å². The second-order valence-corrected chi connectivity index (χ2v) is 3.32. The average Bonchev–Trinajstić information content (AvgIpc) is 2.03. The van der Waals surface area contributed by atoms with Crippen molar-refractivity contribution in [1.82, 2.24) is 0 Å². The fourth-order valence-corrected chi connectivity index (χ4v) is 1.25. The third-order valence-electron chi connectivity index (χ3n) is 1.05. The summed E-state index contributed by atoms with van der Waals surface area (Å²) in [7, 11) is 1.32. The fraction of sp³-hybridized carbons (Fsp3) is 0.222. The number of rotatable bonds is 5. The van der Waals surface area contributed by atoms with E-state index in [2.05, 4.69) is 24.5 Å². The Kier molecular flexibility index (Phi) is 5.21. The van der Waals surface area contributed by atoms with Crippen LogP contribution in [0.4, 0.5) is 0 Å². The van der Waals surface area contributed by atoms with Gasteiger partial charge in [0.15, 0.2) is 0 Å². The lowest BCUT2D eigenvalue weighted by Crippen LogP contribution is -2.00. The van der Waals surface area contributed by atoms with E-state index in [1.165, 1.54) is 18.9 Å². The van der Waals surface area contributed by atoms with Crippen molar-refractivity contribution in [3.63, 3.8) is 0 Å². The van der Waals surface area contributed by atoms with Crippen LogP contribution in [0, 0.1) is 0 Å². The van der Waals surface area contributed by atoms with Crippen LogP contribution in [0.15, 0.2) is 35.6 Å². The van der Waals surface area contributed by atoms with Crippen molar-refractivity contribution in [1.29, 1.82) is 0 Å². The molecule has 0 spiro atoms. The highest BCUT2D eigenvalue weighted by molar-refractivity contribution is 8.07. The second kappa shape index (κ2) is 5.66. The van der Waals surface area contributed by atoms with Crippen LogP contribution in [0.2, 0.25) is 0 Å². The first kappa shape index (κ1) is 11.0. The fourth-order valence-electron chi connectivity index (χ4n) is 0.532. The lowest BCUT2D eigenvalue weighted by atomic mass is 10.4. The van der Waals surface area contributed by atoms with Crippen LogP contribution in [0.25, 0.3) is 0 Å². The first-order chi connectivity index (χ1) is 5.61. The maximum absolute atomic E-state index is 10.8. The number of allylic oxidation sites excluding steroid dienone is 2. The maximum Gasteiger partial charge on any atom is 0.344 e. The Balaban J connectivity index is 3.92. The Bertz CT molecular complexity index is 219. The van der Waals surface area contributed by atoms with Crippen molar-refractivity contribution < 1.29 is 9.53 Å². The zero-order chi connectivity index (χ0) is 9.56. The molecule has 0 aromatic rings. The molecule has 0 N–H and O–H groups in total. The normalized spacial score (nSPS) is 8.75. The molecular formula is C9H12O2S. The van der Waals surface area contributed by atoms with Crippen LogP contribution in [-0.4, -0.2) is 13.1 Å². The summed E-state index contributed by atoms with van der Waals surface area (Å²) in [5.41, 5.74) is 0. The van der Waals surface area contributed by atoms with E-state index >= 15 is 0 Å². The van der Waals surface area contributed by atoms with E-state index in [0.717, 1.165) is 4.91 Å². The topological polar surface area (TPSA) is 26.3 Å². The van der Waals surface area contributed by atoms with Crippen LogP contribution >= 0.6 is 11.8 Å². The zero-order valence-corrected chi connectivity index (χ0v) is 7.95. The molecule has 0 saturated heterocycles. The van der Waals surface area contributed by atoms with Crippen molar-refractivity contribution in [2.75, 3.05) is 7.11 Å². The number of hydrogen-bond donors (Lipinski definition) is 0. The number of hydrogen-bond acceptors (Lipinski definition) is 3. The van der Waals surface area contributed by atoms with Gasteiger partial charge in [0.05, 0.1) is 12.0 Å². The van der Waals surface area contributed by atoms with Gasteiger partial charge in [-0.25, -0.2) is 4.79 Å². The summed E-state index contributed by atoms with van der Waals surface area (Å²) in [6.45, 7) is 10.8. The number of methoxy groups -OCH3 is 1. The van der Waals surface area contributed by atoms with Crippen molar-refractivity contribution in [2.45, 2.75) is 6.42 Å². The molecule has 0 radical (unpaired) electrons. The van der Waals surface area contributed by atoms with Gasteiger partial charge in [0.2, 0.25) is 0 Å². The van der Waals surface area contributed by atoms with Crippen molar-refractivity contribution in [2.24, 2.45) is 0 Å². The number of thioether (sulfide) groups is 1. The standard InChI is InChI=1S/C9H12O2S/c1-5-6-7(2)12-8(3)9(10)11-4/h5H,1-3,6H2,4H3. The van der Waals surface area contributed by atoms with Gasteiger partial charge in [0.25, 0.3) is 0 Å². The molecule has 0 amide bonds. The monoisotopic (exact) mass is 184 g/mol. The summed E-state index contributed by atoms with van der Waals surface area (Å²) < 4.78 is 4.46. The molecule has 66 valence electrons. The lowest BCUT2D eigenvalue weighted by molar-refractivity contribution is -0.135. The molecule has 0 heterocycles. The van der Waals surface area contributed by atoms with Crippen LogP contribution in [0.1, 0.15) is 6.42 Å². The van der Waals surface area contributed by atoms with Crippen molar-refractivity contribution >= 4 is 17.7 Å². The molecule has 0 aliphatic rings. The van der Waals surface area contributed by atoms with E-state index in [1.807, 2.05) is 0 Å². The predicted molar refractivity (Wildman–Crippen MR) is 52.7 cm³/mol. The number of ether oxygens (including phenoxy) is 1. The molecular weight excluding hydrogens is 172 g/mol. The maximum atomic E-state index is 10.8. The highest BCUT2D eigenvalue weighted by Gasteiger charge is 2.07. The Hall–Kier alpha value is -0.960. The third kappa shape index (κ3) is 4.03. The molecule has 2 nitrogen and oxygen atoms in total. The summed E-state index contributed by atoms with van der Waals surface area (Å²) in [6, 6.07) is 0. The van der Waals surface area contributed by atoms with Crippen LogP contribution < -0.4 is 0 Å². The molecule has 0 unspecified atom stereocenters. The summed E-state index contributed by atoms with van der Waals surface area (Å²) in [6.07, 6.45) is 2.39. The largest absolute Gasteiger partial charge is 0.465 e. The third-order valence-corrected chi connectivity index (χ3v) is 1.92. The molecule has 0 bridgehead atoms.